The molecule has 2 fully saturated rings. The highest BCUT2D eigenvalue weighted by atomic mass is 32.2. The fraction of sp³-hybridized carbons (Fsp3) is 0.348. The number of nitrogens with one attached hydrogen (secondary N) is 1. The predicted octanol–water partition coefficient (Wildman–Crippen LogP) is 1.02. The van der Waals surface area contributed by atoms with Crippen molar-refractivity contribution < 1.29 is 27.5 Å². The van der Waals surface area contributed by atoms with Crippen LogP contribution in [0.2, 0.25) is 0 Å². The molecule has 0 bridgehead atoms. The van der Waals surface area contributed by atoms with Gasteiger partial charge in [0, 0.05) is 26.2 Å². The van der Waals surface area contributed by atoms with E-state index in [4.69, 9.17) is 9.47 Å². The summed E-state index contributed by atoms with van der Waals surface area (Å²) < 4.78 is 38.1. The maximum absolute atomic E-state index is 13.3. The van der Waals surface area contributed by atoms with E-state index in [-0.39, 0.29) is 37.0 Å². The number of nitriles is 1. The molecule has 1 N–H and O–H groups in total. The van der Waals surface area contributed by atoms with Crippen LogP contribution >= 0.6 is 0 Å². The van der Waals surface area contributed by atoms with Gasteiger partial charge in [-0.1, -0.05) is 18.2 Å². The number of carbonyl (C=O) groups is 2. The topological polar surface area (TPSA) is 132 Å². The van der Waals surface area contributed by atoms with Gasteiger partial charge in [0.25, 0.3) is 5.91 Å². The summed E-state index contributed by atoms with van der Waals surface area (Å²) in [5.41, 5.74) is -0.587. The lowest BCUT2D eigenvalue weighted by Crippen LogP contribution is -2.52. The van der Waals surface area contributed by atoms with E-state index in [2.05, 4.69) is 5.32 Å². The average Bonchev–Trinajstić information content (AvgIpc) is 3.42. The first-order valence-corrected chi connectivity index (χ1v) is 12.4. The number of imide groups is 1. The van der Waals surface area contributed by atoms with Crippen LogP contribution in [-0.2, 0) is 20.4 Å². The number of hydrogen-bond acceptors (Lipinski definition) is 8. The molecular weight excluding hydrogens is 474 g/mol. The Morgan fingerprint density at radius 2 is 1.77 bits per heavy atom. The van der Waals surface area contributed by atoms with Crippen LogP contribution in [0, 0.1) is 11.3 Å². The van der Waals surface area contributed by atoms with Crippen molar-refractivity contribution >= 4 is 22.0 Å². The smallest absolute Gasteiger partial charge is 0.326 e. The van der Waals surface area contributed by atoms with E-state index in [0.717, 1.165) is 4.90 Å². The number of sulfonamides is 1. The quantitative estimate of drug-likeness (QED) is 0.606. The zero-order valence-electron chi connectivity index (χ0n) is 18.9. The number of carbonyl (C=O) groups excluding carboxylic acids is 2. The van der Waals surface area contributed by atoms with E-state index in [9.17, 15) is 23.3 Å². The predicted molar refractivity (Wildman–Crippen MR) is 122 cm³/mol. The first-order chi connectivity index (χ1) is 16.7. The fourth-order valence-electron chi connectivity index (χ4n) is 4.46. The van der Waals surface area contributed by atoms with Crippen molar-refractivity contribution in [3.8, 4) is 17.6 Å². The standard InChI is InChI=1S/C23H23N5O6S/c1-23(17-6-7-18-19(12-17)34-15-33-18)21(29)28(22(30)25-23)14-26-8-10-27(11-9-26)35(31,32)20-5-3-2-4-16(20)13-24/h2-7,12H,8-11,14-15H2,1H3,(H,25,30)/t23-/m1/s1. The molecule has 0 radical (unpaired) electrons. The van der Waals surface area contributed by atoms with Gasteiger partial charge >= 0.3 is 6.03 Å². The Morgan fingerprint density at radius 3 is 2.51 bits per heavy atom. The molecule has 12 heteroatoms. The molecule has 3 aliphatic heterocycles. The number of piperazine rings is 1. The molecule has 182 valence electrons. The van der Waals surface area contributed by atoms with Crippen LogP contribution in [0.1, 0.15) is 18.1 Å². The normalized spacial score (nSPS) is 22.8. The molecule has 3 amide bonds. The minimum atomic E-state index is -3.83. The summed E-state index contributed by atoms with van der Waals surface area (Å²) >= 11 is 0. The van der Waals surface area contributed by atoms with E-state index in [1.54, 1.807) is 37.3 Å². The molecule has 0 aromatic heterocycles. The molecule has 3 aliphatic rings. The van der Waals surface area contributed by atoms with Crippen molar-refractivity contribution in [2.45, 2.75) is 17.4 Å². The van der Waals surface area contributed by atoms with Crippen LogP contribution < -0.4 is 14.8 Å². The van der Waals surface area contributed by atoms with E-state index in [1.807, 2.05) is 11.0 Å². The van der Waals surface area contributed by atoms with Gasteiger partial charge in [0.05, 0.1) is 17.1 Å². The van der Waals surface area contributed by atoms with Crippen LogP contribution in [0.15, 0.2) is 47.4 Å². The molecule has 0 spiro atoms. The molecule has 2 aromatic rings. The van der Waals surface area contributed by atoms with Gasteiger partial charge in [0.15, 0.2) is 11.5 Å². The average molecular weight is 498 g/mol. The Hall–Kier alpha value is -3.66. The van der Waals surface area contributed by atoms with Crippen molar-refractivity contribution in [1.29, 1.82) is 5.26 Å². The second-order valence-corrected chi connectivity index (χ2v) is 10.5. The minimum Gasteiger partial charge on any atom is -0.454 e. The Labute approximate surface area is 202 Å². The number of urea groups is 1. The van der Waals surface area contributed by atoms with Gasteiger partial charge < -0.3 is 14.8 Å². The second kappa shape index (κ2) is 8.53. The summed E-state index contributed by atoms with van der Waals surface area (Å²) in [7, 11) is -3.83. The summed E-state index contributed by atoms with van der Waals surface area (Å²) in [6, 6.07) is 12.6. The second-order valence-electron chi connectivity index (χ2n) is 8.63. The van der Waals surface area contributed by atoms with Gasteiger partial charge in [-0.15, -0.1) is 0 Å². The maximum atomic E-state index is 13.3. The van der Waals surface area contributed by atoms with Crippen LogP contribution in [-0.4, -0.2) is 74.1 Å². The summed E-state index contributed by atoms with van der Waals surface area (Å²) in [4.78, 5) is 29.0. The molecule has 0 aliphatic carbocycles. The van der Waals surface area contributed by atoms with Gasteiger partial charge in [-0.3, -0.25) is 9.69 Å². The third kappa shape index (κ3) is 3.87. The highest BCUT2D eigenvalue weighted by Crippen LogP contribution is 2.38. The highest BCUT2D eigenvalue weighted by Gasteiger charge is 2.50. The van der Waals surface area contributed by atoms with Gasteiger partial charge in [0.1, 0.15) is 11.6 Å². The van der Waals surface area contributed by atoms with Gasteiger partial charge in [-0.25, -0.2) is 18.1 Å². The number of benzene rings is 2. The fourth-order valence-corrected chi connectivity index (χ4v) is 6.03. The molecule has 2 aromatic carbocycles. The van der Waals surface area contributed by atoms with Crippen LogP contribution in [0.4, 0.5) is 4.79 Å². The van der Waals surface area contributed by atoms with Crippen molar-refractivity contribution in [3.63, 3.8) is 0 Å². The number of fused-ring (bicyclic) bond motifs is 1. The van der Waals surface area contributed by atoms with Gasteiger partial charge in [-0.05, 0) is 36.8 Å². The number of ether oxygens (including phenoxy) is 2. The van der Waals surface area contributed by atoms with E-state index < -0.39 is 27.5 Å². The third-order valence-electron chi connectivity index (χ3n) is 6.52. The SMILES string of the molecule is C[C@]1(c2ccc3c(c2)OCO3)NC(=O)N(CN2CCN(S(=O)(=O)c3ccccc3C#N)CC2)C1=O. The molecule has 0 saturated carbocycles. The lowest BCUT2D eigenvalue weighted by atomic mass is 9.92. The van der Waals surface area contributed by atoms with Crippen LogP contribution in [0.5, 0.6) is 11.5 Å². The van der Waals surface area contributed by atoms with E-state index in [1.165, 1.54) is 16.4 Å². The van der Waals surface area contributed by atoms with Crippen LogP contribution in [0.25, 0.3) is 0 Å². The lowest BCUT2D eigenvalue weighted by Gasteiger charge is -2.35. The van der Waals surface area contributed by atoms with Crippen molar-refractivity contribution in [2.24, 2.45) is 0 Å². The molecule has 1 atom stereocenters. The van der Waals surface area contributed by atoms with Gasteiger partial charge in [0.2, 0.25) is 16.8 Å². The largest absolute Gasteiger partial charge is 0.454 e. The van der Waals surface area contributed by atoms with E-state index in [0.29, 0.717) is 30.2 Å². The Kier molecular flexibility index (Phi) is 5.63. The van der Waals surface area contributed by atoms with Crippen molar-refractivity contribution in [2.75, 3.05) is 39.6 Å². The number of hydrogen-bond donors (Lipinski definition) is 1. The highest BCUT2D eigenvalue weighted by molar-refractivity contribution is 7.89. The molecule has 35 heavy (non-hydrogen) atoms. The Balaban J connectivity index is 1.26. The molecule has 5 rings (SSSR count). The number of nitrogens with zero attached hydrogens (tertiary/aromatic N) is 4. The lowest BCUT2D eigenvalue weighted by molar-refractivity contribution is -0.132. The molecule has 0 unspecified atom stereocenters. The Bertz CT molecular complexity index is 1350. The monoisotopic (exact) mass is 497 g/mol. The van der Waals surface area contributed by atoms with Crippen LogP contribution in [0.3, 0.4) is 0 Å². The molecular formula is C23H23N5O6S. The molecule has 11 nitrogen and oxygen atoms in total. The number of amides is 3. The first kappa shape index (κ1) is 23.1. The summed E-state index contributed by atoms with van der Waals surface area (Å²) in [5.74, 6) is 0.690. The summed E-state index contributed by atoms with van der Waals surface area (Å²) in [6.07, 6.45) is 0. The molecule has 3 heterocycles. The zero-order valence-corrected chi connectivity index (χ0v) is 19.7. The summed E-state index contributed by atoms with van der Waals surface area (Å²) in [6.45, 7) is 2.77. The zero-order chi connectivity index (χ0) is 24.8. The minimum absolute atomic E-state index is 0.0236. The number of rotatable bonds is 5. The van der Waals surface area contributed by atoms with Gasteiger partial charge in [-0.2, -0.15) is 9.57 Å². The first-order valence-electron chi connectivity index (χ1n) is 11.0. The molecule has 2 saturated heterocycles. The van der Waals surface area contributed by atoms with Crippen molar-refractivity contribution in [3.05, 3.63) is 53.6 Å². The Morgan fingerprint density at radius 1 is 1.06 bits per heavy atom. The summed E-state index contributed by atoms with van der Waals surface area (Å²) in [5, 5.41) is 12.0. The maximum Gasteiger partial charge on any atom is 0.326 e. The third-order valence-corrected chi connectivity index (χ3v) is 8.48. The van der Waals surface area contributed by atoms with E-state index >= 15 is 0 Å². The van der Waals surface area contributed by atoms with Crippen molar-refractivity contribution in [1.82, 2.24) is 19.4 Å².